The Morgan fingerprint density at radius 1 is 1.27 bits per heavy atom. The van der Waals surface area contributed by atoms with Crippen molar-refractivity contribution in [3.63, 3.8) is 0 Å². The number of hydrogen-bond acceptors (Lipinski definition) is 6. The van der Waals surface area contributed by atoms with E-state index in [0.29, 0.717) is 25.7 Å². The van der Waals surface area contributed by atoms with E-state index in [1.54, 1.807) is 0 Å². The van der Waals surface area contributed by atoms with Gasteiger partial charge in [-0.2, -0.15) is 8.42 Å². The smallest absolute Gasteiger partial charge is 0.408 e. The Balaban J connectivity index is 0.00000110. The van der Waals surface area contributed by atoms with Gasteiger partial charge in [-0.25, -0.2) is 4.79 Å². The van der Waals surface area contributed by atoms with Crippen molar-refractivity contribution in [2.24, 2.45) is 16.5 Å². The lowest BCUT2D eigenvalue weighted by Crippen LogP contribution is -2.36. The number of nitrogens with two attached hydrogens (primary N) is 2. The molecule has 0 aliphatic carbocycles. The van der Waals surface area contributed by atoms with Crippen LogP contribution in [-0.2, 0) is 26.5 Å². The van der Waals surface area contributed by atoms with Gasteiger partial charge >= 0.3 is 16.5 Å². The summed E-state index contributed by atoms with van der Waals surface area (Å²) in [7, 11) is -4.67. The number of nitrogens with zero attached hydrogens (tertiary/aromatic N) is 1. The molecule has 1 amide bonds. The molecule has 1 aromatic carbocycles. The Kier molecular flexibility index (Phi) is 11.3. The molecule has 0 fully saturated rings. The van der Waals surface area contributed by atoms with E-state index < -0.39 is 22.5 Å². The van der Waals surface area contributed by atoms with Crippen LogP contribution in [0, 0.1) is 0 Å². The summed E-state index contributed by atoms with van der Waals surface area (Å²) in [6.45, 7) is 0.569. The standard InChI is InChI=1S/C14H20N4O3.H2O4S/c15-13(16)17-8-4-7-12(9-19)18-14(20)21-10-11-5-2-1-3-6-11;1-5(2,3)4/h1-3,5-6,9,12H,4,7-8,10H2,(H,18,20)(H4,15,16,17);(H2,1,2,3,4)/t12-;/m0./s1. The molecule has 0 radical (unpaired) electrons. The van der Waals surface area contributed by atoms with Gasteiger partial charge in [-0.3, -0.25) is 14.1 Å². The number of guanidine groups is 1. The van der Waals surface area contributed by atoms with E-state index in [1.165, 1.54) is 0 Å². The van der Waals surface area contributed by atoms with Crippen LogP contribution in [0.4, 0.5) is 4.79 Å². The predicted octanol–water partition coefficient (Wildman–Crippen LogP) is -0.119. The number of ether oxygens (including phenoxy) is 1. The molecule has 0 spiro atoms. The summed E-state index contributed by atoms with van der Waals surface area (Å²) in [5.41, 5.74) is 11.2. The Morgan fingerprint density at radius 3 is 2.35 bits per heavy atom. The van der Waals surface area contributed by atoms with Crippen LogP contribution in [0.25, 0.3) is 0 Å². The van der Waals surface area contributed by atoms with Gasteiger partial charge in [-0.15, -0.1) is 0 Å². The molecule has 0 unspecified atom stereocenters. The fourth-order valence-electron chi connectivity index (χ4n) is 1.61. The number of aldehydes is 1. The molecule has 7 N–H and O–H groups in total. The first-order valence-electron chi connectivity index (χ1n) is 7.29. The molecule has 0 aliphatic rings. The minimum absolute atomic E-state index is 0.00730. The Bertz CT molecular complexity index is 668. The van der Waals surface area contributed by atoms with Crippen molar-refractivity contribution in [1.29, 1.82) is 0 Å². The van der Waals surface area contributed by atoms with Gasteiger partial charge in [0.15, 0.2) is 5.96 Å². The highest BCUT2D eigenvalue weighted by Crippen LogP contribution is 2.01. The number of hydrogen-bond donors (Lipinski definition) is 5. The van der Waals surface area contributed by atoms with Crippen LogP contribution in [0.3, 0.4) is 0 Å². The summed E-state index contributed by atoms with van der Waals surface area (Å²) in [5.74, 6) is 0.00730. The van der Waals surface area contributed by atoms with Crippen molar-refractivity contribution < 1.29 is 31.8 Å². The number of carbonyl (C=O) groups is 2. The van der Waals surface area contributed by atoms with Gasteiger partial charge in [0, 0.05) is 6.54 Å². The van der Waals surface area contributed by atoms with Gasteiger partial charge in [0.2, 0.25) is 0 Å². The topological polar surface area (TPSA) is 194 Å². The van der Waals surface area contributed by atoms with Gasteiger partial charge in [-0.05, 0) is 18.4 Å². The summed E-state index contributed by atoms with van der Waals surface area (Å²) in [6, 6.07) is 8.67. The average Bonchev–Trinajstić information content (AvgIpc) is 2.55. The van der Waals surface area contributed by atoms with Gasteiger partial charge in [0.1, 0.15) is 12.9 Å². The van der Waals surface area contributed by atoms with Gasteiger partial charge < -0.3 is 26.3 Å². The lowest BCUT2D eigenvalue weighted by Gasteiger charge is -2.12. The maximum absolute atomic E-state index is 11.6. The molecule has 0 bridgehead atoms. The average molecular weight is 390 g/mol. The molecule has 0 aliphatic heterocycles. The number of carbonyl (C=O) groups excluding carboxylic acids is 2. The van der Waals surface area contributed by atoms with Crippen molar-refractivity contribution in [1.82, 2.24) is 5.32 Å². The van der Waals surface area contributed by atoms with Gasteiger partial charge in [0.25, 0.3) is 0 Å². The van der Waals surface area contributed by atoms with E-state index >= 15 is 0 Å². The first-order valence-corrected chi connectivity index (χ1v) is 8.69. The number of nitrogens with one attached hydrogen (secondary N) is 1. The summed E-state index contributed by atoms with van der Waals surface area (Å²) in [6.07, 6.45) is 1.07. The third-order valence-corrected chi connectivity index (χ3v) is 2.65. The monoisotopic (exact) mass is 390 g/mol. The third kappa shape index (κ3) is 16.2. The fourth-order valence-corrected chi connectivity index (χ4v) is 1.61. The second-order valence-electron chi connectivity index (χ2n) is 4.85. The molecular weight excluding hydrogens is 368 g/mol. The molecular formula is C14H22N4O7S. The summed E-state index contributed by atoms with van der Waals surface area (Å²) in [5, 5.41) is 2.48. The van der Waals surface area contributed by atoms with E-state index in [1.807, 2.05) is 30.3 Å². The second kappa shape index (κ2) is 12.6. The largest absolute Gasteiger partial charge is 0.445 e. The molecule has 12 heteroatoms. The number of aliphatic imine (C=N–C) groups is 1. The van der Waals surface area contributed by atoms with Crippen LogP contribution in [-0.4, -0.2) is 48.4 Å². The Hall–Kier alpha value is -2.70. The highest BCUT2D eigenvalue weighted by Gasteiger charge is 2.11. The highest BCUT2D eigenvalue weighted by atomic mass is 32.3. The van der Waals surface area contributed by atoms with E-state index in [9.17, 15) is 9.59 Å². The van der Waals surface area contributed by atoms with Gasteiger partial charge in [-0.1, -0.05) is 30.3 Å². The predicted molar refractivity (Wildman–Crippen MR) is 93.7 cm³/mol. The lowest BCUT2D eigenvalue weighted by molar-refractivity contribution is -0.109. The molecule has 0 heterocycles. The first kappa shape index (κ1) is 23.3. The molecule has 0 saturated carbocycles. The van der Waals surface area contributed by atoms with E-state index in [4.69, 9.17) is 33.7 Å². The summed E-state index contributed by atoms with van der Waals surface area (Å²) < 4.78 is 36.6. The fraction of sp³-hybridized carbons (Fsp3) is 0.357. The molecule has 26 heavy (non-hydrogen) atoms. The first-order chi connectivity index (χ1) is 12.1. The van der Waals surface area contributed by atoms with Gasteiger partial charge in [0.05, 0.1) is 6.04 Å². The van der Waals surface area contributed by atoms with Crippen LogP contribution in [0.2, 0.25) is 0 Å². The minimum Gasteiger partial charge on any atom is -0.445 e. The molecule has 1 rings (SSSR count). The lowest BCUT2D eigenvalue weighted by atomic mass is 10.2. The molecule has 1 aromatic rings. The maximum Gasteiger partial charge on any atom is 0.408 e. The maximum atomic E-state index is 11.6. The molecule has 1 atom stereocenters. The van der Waals surface area contributed by atoms with Crippen molar-refractivity contribution in [3.8, 4) is 0 Å². The number of amides is 1. The van der Waals surface area contributed by atoms with Crippen molar-refractivity contribution in [2.45, 2.75) is 25.5 Å². The minimum atomic E-state index is -4.67. The Labute approximate surface area is 151 Å². The number of rotatable bonds is 8. The van der Waals surface area contributed by atoms with Crippen molar-refractivity contribution in [2.75, 3.05) is 6.54 Å². The van der Waals surface area contributed by atoms with Crippen LogP contribution < -0.4 is 16.8 Å². The quantitative estimate of drug-likeness (QED) is 0.132. The molecule has 0 aromatic heterocycles. The zero-order valence-electron chi connectivity index (χ0n) is 13.8. The second-order valence-corrected chi connectivity index (χ2v) is 5.74. The SMILES string of the molecule is NC(N)=NCCC[C@@H](C=O)NC(=O)OCc1ccccc1.O=S(=O)(O)O. The molecule has 146 valence electrons. The zero-order chi connectivity index (χ0) is 20.0. The van der Waals surface area contributed by atoms with E-state index in [2.05, 4.69) is 10.3 Å². The zero-order valence-corrected chi connectivity index (χ0v) is 14.6. The van der Waals surface area contributed by atoms with Crippen LogP contribution in [0.1, 0.15) is 18.4 Å². The summed E-state index contributed by atoms with van der Waals surface area (Å²) >= 11 is 0. The van der Waals surface area contributed by atoms with Crippen molar-refractivity contribution in [3.05, 3.63) is 35.9 Å². The molecule has 11 nitrogen and oxygen atoms in total. The van der Waals surface area contributed by atoms with Crippen LogP contribution in [0.15, 0.2) is 35.3 Å². The molecule has 0 saturated heterocycles. The Morgan fingerprint density at radius 2 is 1.85 bits per heavy atom. The van der Waals surface area contributed by atoms with Crippen LogP contribution >= 0.6 is 0 Å². The van der Waals surface area contributed by atoms with E-state index in [0.717, 1.165) is 5.56 Å². The normalized spacial score (nSPS) is 11.3. The van der Waals surface area contributed by atoms with E-state index in [-0.39, 0.29) is 12.6 Å². The number of benzene rings is 1. The van der Waals surface area contributed by atoms with Crippen LogP contribution in [0.5, 0.6) is 0 Å². The summed E-state index contributed by atoms with van der Waals surface area (Å²) in [4.78, 5) is 26.3. The third-order valence-electron chi connectivity index (χ3n) is 2.65. The highest BCUT2D eigenvalue weighted by molar-refractivity contribution is 7.79. The number of alkyl carbamates (subject to hydrolysis) is 1. The van der Waals surface area contributed by atoms with Crippen molar-refractivity contribution >= 4 is 28.7 Å².